The lowest BCUT2D eigenvalue weighted by Gasteiger charge is -2.04. The van der Waals surface area contributed by atoms with Crippen LogP contribution in [0.25, 0.3) is 0 Å². The summed E-state index contributed by atoms with van der Waals surface area (Å²) in [5.41, 5.74) is -0.472. The molecule has 0 saturated heterocycles. The van der Waals surface area contributed by atoms with Gasteiger partial charge in [-0.15, -0.1) is 11.8 Å². The van der Waals surface area contributed by atoms with Crippen molar-refractivity contribution in [1.82, 2.24) is 4.98 Å². The highest BCUT2D eigenvalue weighted by Crippen LogP contribution is 2.24. The Hall–Kier alpha value is -1.67. The van der Waals surface area contributed by atoms with E-state index in [0.717, 1.165) is 18.7 Å². The van der Waals surface area contributed by atoms with Crippen molar-refractivity contribution in [1.29, 1.82) is 0 Å². The topological polar surface area (TPSA) is 103 Å². The highest BCUT2D eigenvalue weighted by molar-refractivity contribution is 7.99. The molecule has 7 nitrogen and oxygen atoms in total. The van der Waals surface area contributed by atoms with Crippen LogP contribution in [0.5, 0.6) is 0 Å². The third-order valence-electron chi connectivity index (χ3n) is 2.01. The van der Waals surface area contributed by atoms with Crippen molar-refractivity contribution in [2.24, 2.45) is 0 Å². The molecule has 0 aliphatic carbocycles. The summed E-state index contributed by atoms with van der Waals surface area (Å²) in [6.45, 7) is 0.572. The van der Waals surface area contributed by atoms with Crippen molar-refractivity contribution in [2.75, 3.05) is 19.5 Å². The zero-order valence-corrected chi connectivity index (χ0v) is 10.5. The van der Waals surface area contributed by atoms with E-state index in [4.69, 9.17) is 9.84 Å². The molecule has 0 spiro atoms. The average molecular weight is 272 g/mol. The zero-order chi connectivity index (χ0) is 13.5. The molecule has 18 heavy (non-hydrogen) atoms. The maximum atomic E-state index is 11.0. The molecule has 0 aliphatic rings. The van der Waals surface area contributed by atoms with Gasteiger partial charge in [0.15, 0.2) is 0 Å². The van der Waals surface area contributed by atoms with E-state index in [9.17, 15) is 14.9 Å². The first-order valence-electron chi connectivity index (χ1n) is 5.05. The number of aromatic nitrogens is 1. The van der Waals surface area contributed by atoms with Gasteiger partial charge in [-0.25, -0.2) is 9.78 Å². The van der Waals surface area contributed by atoms with Crippen molar-refractivity contribution in [2.45, 2.75) is 11.4 Å². The van der Waals surface area contributed by atoms with Gasteiger partial charge in [0.05, 0.1) is 10.5 Å². The van der Waals surface area contributed by atoms with Crippen LogP contribution in [0.15, 0.2) is 17.3 Å². The summed E-state index contributed by atoms with van der Waals surface area (Å²) in [7, 11) is 1.58. The molecule has 0 saturated carbocycles. The molecule has 0 aliphatic heterocycles. The molecule has 0 bridgehead atoms. The minimum atomic E-state index is -1.22. The predicted octanol–water partition coefficient (Wildman–Crippen LogP) is 1.82. The summed E-state index contributed by atoms with van der Waals surface area (Å²) in [5.74, 6) is -0.584. The fraction of sp³-hybridized carbons (Fsp3) is 0.400. The summed E-state index contributed by atoms with van der Waals surface area (Å²) in [6, 6.07) is 1.02. The van der Waals surface area contributed by atoms with E-state index >= 15 is 0 Å². The standard InChI is InChI=1S/C10H12N2O5S/c1-17-3-2-4-18-9-8(10(13)14)5-7(6-11-9)12(15)16/h5-6H,2-4H2,1H3,(H,13,14). The second-order valence-electron chi connectivity index (χ2n) is 3.30. The highest BCUT2D eigenvalue weighted by Gasteiger charge is 2.17. The van der Waals surface area contributed by atoms with Crippen LogP contribution in [0.1, 0.15) is 16.8 Å². The smallest absolute Gasteiger partial charge is 0.338 e. The molecule has 1 rings (SSSR count). The summed E-state index contributed by atoms with van der Waals surface area (Å²) >= 11 is 1.24. The molecule has 1 aromatic heterocycles. The molecule has 1 aromatic rings. The lowest BCUT2D eigenvalue weighted by Crippen LogP contribution is -2.03. The summed E-state index contributed by atoms with van der Waals surface area (Å²) in [5, 5.41) is 19.8. The Morgan fingerprint density at radius 2 is 2.39 bits per heavy atom. The van der Waals surface area contributed by atoms with Crippen LogP contribution in [0, 0.1) is 10.1 Å². The molecule has 8 heteroatoms. The lowest BCUT2D eigenvalue weighted by atomic mass is 10.3. The molecule has 0 aromatic carbocycles. The van der Waals surface area contributed by atoms with E-state index in [1.165, 1.54) is 11.8 Å². The largest absolute Gasteiger partial charge is 0.478 e. The number of hydrogen-bond acceptors (Lipinski definition) is 6. The van der Waals surface area contributed by atoms with Gasteiger partial charge in [0, 0.05) is 25.5 Å². The Morgan fingerprint density at radius 1 is 1.67 bits per heavy atom. The van der Waals surface area contributed by atoms with Gasteiger partial charge in [0.25, 0.3) is 5.69 Å². The van der Waals surface area contributed by atoms with Crippen LogP contribution in [0.2, 0.25) is 0 Å². The first kappa shape index (κ1) is 14.4. The number of nitrogens with zero attached hydrogens (tertiary/aromatic N) is 2. The highest BCUT2D eigenvalue weighted by atomic mass is 32.2. The first-order chi connectivity index (χ1) is 8.56. The Labute approximate surface area is 107 Å². The third kappa shape index (κ3) is 3.97. The number of pyridine rings is 1. The van der Waals surface area contributed by atoms with E-state index in [1.807, 2.05) is 0 Å². The lowest BCUT2D eigenvalue weighted by molar-refractivity contribution is -0.385. The summed E-state index contributed by atoms with van der Waals surface area (Å²) < 4.78 is 4.87. The molecule has 98 valence electrons. The molecule has 0 atom stereocenters. The van der Waals surface area contributed by atoms with Crippen molar-refractivity contribution in [3.8, 4) is 0 Å². The Morgan fingerprint density at radius 3 is 2.94 bits per heavy atom. The predicted molar refractivity (Wildman–Crippen MR) is 65.1 cm³/mol. The Bertz CT molecular complexity index is 452. The number of carbonyl (C=O) groups is 1. The third-order valence-corrected chi connectivity index (χ3v) is 3.10. The van der Waals surface area contributed by atoms with Gasteiger partial charge >= 0.3 is 5.97 Å². The van der Waals surface area contributed by atoms with Crippen LogP contribution >= 0.6 is 11.8 Å². The first-order valence-corrected chi connectivity index (χ1v) is 6.04. The quantitative estimate of drug-likeness (QED) is 0.349. The van der Waals surface area contributed by atoms with Crippen LogP contribution in [0.4, 0.5) is 5.69 Å². The number of carboxylic acid groups (broad SMARTS) is 1. The van der Waals surface area contributed by atoms with Crippen LogP contribution < -0.4 is 0 Å². The van der Waals surface area contributed by atoms with Crippen molar-refractivity contribution in [3.05, 3.63) is 27.9 Å². The molecule has 0 amide bonds. The van der Waals surface area contributed by atoms with E-state index in [0.29, 0.717) is 12.4 Å². The maximum Gasteiger partial charge on any atom is 0.338 e. The zero-order valence-electron chi connectivity index (χ0n) is 9.66. The number of aromatic carboxylic acids is 1. The fourth-order valence-corrected chi connectivity index (χ4v) is 2.07. The molecule has 0 radical (unpaired) electrons. The monoisotopic (exact) mass is 272 g/mol. The number of hydrogen-bond donors (Lipinski definition) is 1. The van der Waals surface area contributed by atoms with Crippen LogP contribution in [-0.2, 0) is 4.74 Å². The number of rotatable bonds is 7. The summed E-state index contributed by atoms with van der Waals surface area (Å²) in [6.07, 6.45) is 1.81. The maximum absolute atomic E-state index is 11.0. The Kier molecular flexibility index (Phi) is 5.53. The minimum Gasteiger partial charge on any atom is -0.478 e. The van der Waals surface area contributed by atoms with E-state index in [-0.39, 0.29) is 16.3 Å². The van der Waals surface area contributed by atoms with E-state index in [2.05, 4.69) is 4.98 Å². The minimum absolute atomic E-state index is 0.147. The number of methoxy groups -OCH3 is 1. The van der Waals surface area contributed by atoms with Crippen LogP contribution in [-0.4, -0.2) is 40.5 Å². The van der Waals surface area contributed by atoms with Crippen molar-refractivity contribution in [3.63, 3.8) is 0 Å². The number of nitro groups is 1. The molecule has 1 heterocycles. The molecule has 0 fully saturated rings. The second-order valence-corrected chi connectivity index (χ2v) is 4.39. The Balaban J connectivity index is 2.83. The van der Waals surface area contributed by atoms with Gasteiger partial charge in [0.1, 0.15) is 11.2 Å². The fourth-order valence-electron chi connectivity index (χ4n) is 1.18. The van der Waals surface area contributed by atoms with Gasteiger partial charge in [-0.1, -0.05) is 0 Å². The number of ether oxygens (including phenoxy) is 1. The molecule has 0 unspecified atom stereocenters. The van der Waals surface area contributed by atoms with Gasteiger partial charge < -0.3 is 9.84 Å². The number of thioether (sulfide) groups is 1. The van der Waals surface area contributed by atoms with Crippen LogP contribution in [0.3, 0.4) is 0 Å². The van der Waals surface area contributed by atoms with Gasteiger partial charge in [0.2, 0.25) is 0 Å². The number of carboxylic acids is 1. The molecule has 1 N–H and O–H groups in total. The van der Waals surface area contributed by atoms with Crippen molar-refractivity contribution < 1.29 is 19.6 Å². The SMILES string of the molecule is COCCCSc1ncc([N+](=O)[O-])cc1C(=O)O. The van der Waals surface area contributed by atoms with Gasteiger partial charge in [-0.3, -0.25) is 10.1 Å². The average Bonchev–Trinajstić information content (AvgIpc) is 2.34. The molecular weight excluding hydrogens is 260 g/mol. The van der Waals surface area contributed by atoms with Gasteiger partial charge in [-0.2, -0.15) is 0 Å². The van der Waals surface area contributed by atoms with Gasteiger partial charge in [-0.05, 0) is 6.42 Å². The van der Waals surface area contributed by atoms with E-state index in [1.54, 1.807) is 7.11 Å². The van der Waals surface area contributed by atoms with E-state index < -0.39 is 10.9 Å². The van der Waals surface area contributed by atoms with Crippen molar-refractivity contribution >= 4 is 23.4 Å². The second kappa shape index (κ2) is 6.92. The normalized spacial score (nSPS) is 10.3. The molecular formula is C10H12N2O5S. The summed E-state index contributed by atoms with van der Waals surface area (Å²) in [4.78, 5) is 24.7.